The Kier molecular flexibility index (Phi) is 2.91. The molecular weight excluding hydrogens is 190 g/mol. The molecule has 2 rings (SSSR count). The van der Waals surface area contributed by atoms with Gasteiger partial charge in [0.25, 0.3) is 0 Å². The van der Waals surface area contributed by atoms with Crippen LogP contribution in [0.2, 0.25) is 0 Å². The maximum Gasteiger partial charge on any atom is 0.163 e. The molecule has 0 bridgehead atoms. The van der Waals surface area contributed by atoms with Crippen LogP contribution in [0.4, 0.5) is 0 Å². The van der Waals surface area contributed by atoms with Crippen LogP contribution in [0.15, 0.2) is 18.6 Å². The molecule has 1 N–H and O–H groups in total. The van der Waals surface area contributed by atoms with Gasteiger partial charge in [0, 0.05) is 31.3 Å². The molecule has 15 heavy (non-hydrogen) atoms. The third-order valence-corrected chi connectivity index (χ3v) is 2.19. The Balaban J connectivity index is 2.08. The lowest BCUT2D eigenvalue weighted by atomic mass is 10.3. The lowest BCUT2D eigenvalue weighted by Gasteiger charge is -2.06. The van der Waals surface area contributed by atoms with Crippen LogP contribution in [0.3, 0.4) is 0 Å². The van der Waals surface area contributed by atoms with Gasteiger partial charge in [-0.25, -0.2) is 4.98 Å². The first-order chi connectivity index (χ1) is 7.27. The number of hydrogen-bond acceptors (Lipinski definition) is 4. The molecule has 0 atom stereocenters. The second-order valence-electron chi connectivity index (χ2n) is 3.78. The summed E-state index contributed by atoms with van der Waals surface area (Å²) in [5.41, 5.74) is 0.851. The van der Waals surface area contributed by atoms with E-state index in [-0.39, 0.29) is 0 Å². The summed E-state index contributed by atoms with van der Waals surface area (Å²) in [5.74, 6) is 0.950. The van der Waals surface area contributed by atoms with E-state index in [1.54, 1.807) is 12.5 Å². The van der Waals surface area contributed by atoms with Crippen molar-refractivity contribution >= 4 is 5.65 Å². The lowest BCUT2D eigenvalue weighted by molar-refractivity contribution is 0.581. The van der Waals surface area contributed by atoms with Crippen LogP contribution in [0, 0.1) is 0 Å². The van der Waals surface area contributed by atoms with Crippen molar-refractivity contribution in [2.24, 2.45) is 0 Å². The normalized spacial score (nSPS) is 11.4. The topological polar surface area (TPSA) is 55.1 Å². The van der Waals surface area contributed by atoms with Crippen LogP contribution in [0.5, 0.6) is 0 Å². The molecule has 80 valence electrons. The average Bonchev–Trinajstić information content (AvgIpc) is 2.62. The fourth-order valence-electron chi connectivity index (χ4n) is 1.43. The number of aromatic nitrogens is 4. The molecule has 2 aromatic heterocycles. The summed E-state index contributed by atoms with van der Waals surface area (Å²) in [6, 6.07) is 2.36. The van der Waals surface area contributed by atoms with Gasteiger partial charge in [-0.15, -0.1) is 10.2 Å². The third kappa shape index (κ3) is 2.30. The van der Waals surface area contributed by atoms with E-state index in [9.17, 15) is 0 Å². The van der Waals surface area contributed by atoms with E-state index in [0.29, 0.717) is 6.04 Å². The average molecular weight is 205 g/mol. The van der Waals surface area contributed by atoms with Crippen molar-refractivity contribution in [2.75, 3.05) is 6.54 Å². The monoisotopic (exact) mass is 205 g/mol. The zero-order valence-electron chi connectivity index (χ0n) is 9.01. The molecule has 0 fully saturated rings. The molecule has 2 heterocycles. The number of hydrogen-bond donors (Lipinski definition) is 1. The van der Waals surface area contributed by atoms with Crippen molar-refractivity contribution in [1.29, 1.82) is 0 Å². The smallest absolute Gasteiger partial charge is 0.163 e. The molecule has 5 heteroatoms. The molecule has 0 saturated carbocycles. The predicted octanol–water partition coefficient (Wildman–Crippen LogP) is 0.665. The molecule has 0 aliphatic rings. The second kappa shape index (κ2) is 4.35. The van der Waals surface area contributed by atoms with Crippen LogP contribution in [0.25, 0.3) is 5.65 Å². The van der Waals surface area contributed by atoms with Crippen molar-refractivity contribution in [3.05, 3.63) is 24.4 Å². The number of nitrogens with one attached hydrogen (secondary N) is 1. The van der Waals surface area contributed by atoms with Gasteiger partial charge in [-0.2, -0.15) is 0 Å². The molecule has 5 nitrogen and oxygen atoms in total. The predicted molar refractivity (Wildman–Crippen MR) is 57.6 cm³/mol. The van der Waals surface area contributed by atoms with E-state index in [2.05, 4.69) is 34.3 Å². The molecule has 0 aliphatic heterocycles. The van der Waals surface area contributed by atoms with Crippen LogP contribution >= 0.6 is 0 Å². The molecular formula is C10H15N5. The molecule has 0 amide bonds. The van der Waals surface area contributed by atoms with E-state index in [1.807, 2.05) is 10.5 Å². The van der Waals surface area contributed by atoms with Gasteiger partial charge < -0.3 is 5.32 Å². The summed E-state index contributed by atoms with van der Waals surface area (Å²) in [6.07, 6.45) is 4.34. The van der Waals surface area contributed by atoms with Gasteiger partial charge >= 0.3 is 0 Å². The zero-order chi connectivity index (χ0) is 10.7. The van der Waals surface area contributed by atoms with Crippen molar-refractivity contribution < 1.29 is 0 Å². The minimum absolute atomic E-state index is 0.502. The Morgan fingerprint density at radius 2 is 2.27 bits per heavy atom. The van der Waals surface area contributed by atoms with Gasteiger partial charge in [0.15, 0.2) is 5.65 Å². The van der Waals surface area contributed by atoms with Gasteiger partial charge in [-0.1, -0.05) is 13.8 Å². The Morgan fingerprint density at radius 3 is 3.07 bits per heavy atom. The summed E-state index contributed by atoms with van der Waals surface area (Å²) < 4.78 is 1.92. The Morgan fingerprint density at radius 1 is 1.40 bits per heavy atom. The molecule has 0 aromatic carbocycles. The summed E-state index contributed by atoms with van der Waals surface area (Å²) >= 11 is 0. The Bertz CT molecular complexity index is 434. The summed E-state index contributed by atoms with van der Waals surface area (Å²) in [5, 5.41) is 11.5. The molecule has 0 unspecified atom stereocenters. The van der Waals surface area contributed by atoms with Crippen LogP contribution < -0.4 is 5.32 Å². The molecule has 2 aromatic rings. The van der Waals surface area contributed by atoms with Crippen LogP contribution in [-0.2, 0) is 6.42 Å². The van der Waals surface area contributed by atoms with E-state index >= 15 is 0 Å². The SMILES string of the molecule is CC(C)NCCc1nnc2ccncn12. The minimum Gasteiger partial charge on any atom is -0.314 e. The van der Waals surface area contributed by atoms with Crippen molar-refractivity contribution in [3.63, 3.8) is 0 Å². The molecule has 0 aliphatic carbocycles. The van der Waals surface area contributed by atoms with Gasteiger partial charge in [0.2, 0.25) is 0 Å². The molecule has 0 spiro atoms. The highest BCUT2D eigenvalue weighted by Gasteiger charge is 2.04. The second-order valence-corrected chi connectivity index (χ2v) is 3.78. The Hall–Kier alpha value is -1.49. The van der Waals surface area contributed by atoms with Gasteiger partial charge in [0.1, 0.15) is 12.2 Å². The van der Waals surface area contributed by atoms with E-state index in [0.717, 1.165) is 24.4 Å². The molecule has 0 saturated heterocycles. The number of rotatable bonds is 4. The first-order valence-corrected chi connectivity index (χ1v) is 5.14. The maximum atomic E-state index is 4.13. The van der Waals surface area contributed by atoms with Crippen LogP contribution in [-0.4, -0.2) is 32.2 Å². The number of nitrogens with zero attached hydrogens (tertiary/aromatic N) is 4. The van der Waals surface area contributed by atoms with Crippen molar-refractivity contribution in [3.8, 4) is 0 Å². The first kappa shape index (κ1) is 10.0. The molecule has 0 radical (unpaired) electrons. The van der Waals surface area contributed by atoms with Crippen LogP contribution in [0.1, 0.15) is 19.7 Å². The fourth-order valence-corrected chi connectivity index (χ4v) is 1.43. The quantitative estimate of drug-likeness (QED) is 0.797. The van der Waals surface area contributed by atoms with Crippen molar-refractivity contribution in [2.45, 2.75) is 26.3 Å². The van der Waals surface area contributed by atoms with E-state index in [1.165, 1.54) is 0 Å². The Labute approximate surface area is 88.6 Å². The zero-order valence-corrected chi connectivity index (χ0v) is 9.01. The largest absolute Gasteiger partial charge is 0.314 e. The fraction of sp³-hybridized carbons (Fsp3) is 0.500. The van der Waals surface area contributed by atoms with E-state index < -0.39 is 0 Å². The van der Waals surface area contributed by atoms with Gasteiger partial charge in [0.05, 0.1) is 0 Å². The number of fused-ring (bicyclic) bond motifs is 1. The highest BCUT2D eigenvalue weighted by atomic mass is 15.3. The highest BCUT2D eigenvalue weighted by molar-refractivity contribution is 5.35. The first-order valence-electron chi connectivity index (χ1n) is 5.14. The summed E-state index contributed by atoms with van der Waals surface area (Å²) in [4.78, 5) is 4.05. The van der Waals surface area contributed by atoms with Gasteiger partial charge in [-0.05, 0) is 0 Å². The van der Waals surface area contributed by atoms with Gasteiger partial charge in [-0.3, -0.25) is 4.40 Å². The minimum atomic E-state index is 0.502. The standard InChI is InChI=1S/C10H15N5/c1-8(2)12-6-4-10-14-13-9-3-5-11-7-15(9)10/h3,5,7-8,12H,4,6H2,1-2H3. The van der Waals surface area contributed by atoms with E-state index in [4.69, 9.17) is 0 Å². The van der Waals surface area contributed by atoms with Crippen molar-refractivity contribution in [1.82, 2.24) is 24.9 Å². The third-order valence-electron chi connectivity index (χ3n) is 2.19. The maximum absolute atomic E-state index is 4.13. The lowest BCUT2D eigenvalue weighted by Crippen LogP contribution is -2.25. The summed E-state index contributed by atoms with van der Waals surface area (Å²) in [6.45, 7) is 5.17. The highest BCUT2D eigenvalue weighted by Crippen LogP contribution is 2.01. The summed E-state index contributed by atoms with van der Waals surface area (Å²) in [7, 11) is 0.